The molecule has 3 aromatic rings. The van der Waals surface area contributed by atoms with E-state index in [2.05, 4.69) is 25.1 Å². The van der Waals surface area contributed by atoms with Gasteiger partial charge in [0, 0.05) is 24.0 Å². The van der Waals surface area contributed by atoms with Crippen molar-refractivity contribution in [3.63, 3.8) is 0 Å². The van der Waals surface area contributed by atoms with Crippen LogP contribution in [0.1, 0.15) is 78.8 Å². The van der Waals surface area contributed by atoms with Crippen molar-refractivity contribution in [2.24, 2.45) is 11.8 Å². The van der Waals surface area contributed by atoms with Crippen LogP contribution in [-0.2, 0) is 9.53 Å². The van der Waals surface area contributed by atoms with Crippen molar-refractivity contribution in [3.8, 4) is 5.75 Å². The van der Waals surface area contributed by atoms with Gasteiger partial charge in [-0.2, -0.15) is 0 Å². The molecule has 2 aliphatic rings. The molecule has 0 saturated heterocycles. The zero-order chi connectivity index (χ0) is 28.2. The zero-order valence-electron chi connectivity index (χ0n) is 23.8. The zero-order valence-corrected chi connectivity index (χ0v) is 23.8. The van der Waals surface area contributed by atoms with Crippen LogP contribution >= 0.6 is 0 Å². The van der Waals surface area contributed by atoms with E-state index in [-0.39, 0.29) is 17.9 Å². The first kappa shape index (κ1) is 28.1. The van der Waals surface area contributed by atoms with Crippen molar-refractivity contribution in [2.45, 2.75) is 70.3 Å². The summed E-state index contributed by atoms with van der Waals surface area (Å²) < 4.78 is 10.3. The lowest BCUT2D eigenvalue weighted by molar-refractivity contribution is -0.124. The molecule has 0 unspecified atom stereocenters. The Kier molecular flexibility index (Phi) is 8.69. The van der Waals surface area contributed by atoms with E-state index in [0.717, 1.165) is 47.8 Å². The fourth-order valence-electron chi connectivity index (χ4n) is 6.54. The molecule has 2 aromatic carbocycles. The average molecular weight is 545 g/mol. The summed E-state index contributed by atoms with van der Waals surface area (Å²) in [5.41, 5.74) is 3.00. The van der Waals surface area contributed by atoms with E-state index in [4.69, 9.17) is 14.5 Å². The number of hydrogen-bond donors (Lipinski definition) is 1. The number of pyridine rings is 1. The van der Waals surface area contributed by atoms with Crippen molar-refractivity contribution < 1.29 is 24.2 Å². The van der Waals surface area contributed by atoms with Crippen LogP contribution in [0.4, 0.5) is 5.82 Å². The smallest absolute Gasteiger partial charge is 0.337 e. The number of nitrogens with zero attached hydrogens (tertiary/aromatic N) is 2. The minimum absolute atomic E-state index is 0.0943. The topological polar surface area (TPSA) is 89.0 Å². The number of ether oxygens (including phenoxy) is 2. The monoisotopic (exact) mass is 544 g/mol. The Bertz CT molecular complexity index is 1360. The number of esters is 1. The summed E-state index contributed by atoms with van der Waals surface area (Å²) in [7, 11) is 3.08. The number of carbonyl (C=O) groups excluding carboxylic acids is 2. The largest absolute Gasteiger partial charge is 0.496 e. The Hall–Kier alpha value is -3.45. The SMILES string of the molecule is COC(=O)c1ccc2c(N(CC3CCC(c4ccc(OC)c(C)c4)CC3)C(=O)C3CCC(O)CC3)nccc2c1. The van der Waals surface area contributed by atoms with E-state index >= 15 is 0 Å². The maximum atomic E-state index is 14.0. The number of methoxy groups -OCH3 is 2. The molecule has 2 aliphatic carbocycles. The van der Waals surface area contributed by atoms with Gasteiger partial charge in [0.15, 0.2) is 0 Å². The highest BCUT2D eigenvalue weighted by molar-refractivity contribution is 6.04. The first-order valence-electron chi connectivity index (χ1n) is 14.5. The van der Waals surface area contributed by atoms with Crippen molar-refractivity contribution >= 4 is 28.5 Å². The molecule has 212 valence electrons. The van der Waals surface area contributed by atoms with E-state index in [0.29, 0.717) is 55.4 Å². The molecule has 1 aromatic heterocycles. The Morgan fingerprint density at radius 2 is 1.70 bits per heavy atom. The summed E-state index contributed by atoms with van der Waals surface area (Å²) in [5.74, 6) is 2.04. The fraction of sp³-hybridized carbons (Fsp3) is 0.485. The summed E-state index contributed by atoms with van der Waals surface area (Å²) in [6, 6.07) is 13.8. The number of rotatable bonds is 7. The van der Waals surface area contributed by atoms with E-state index in [1.54, 1.807) is 25.4 Å². The fourth-order valence-corrected chi connectivity index (χ4v) is 6.54. The molecule has 1 heterocycles. The van der Waals surface area contributed by atoms with Crippen LogP contribution < -0.4 is 9.64 Å². The third kappa shape index (κ3) is 5.99. The van der Waals surface area contributed by atoms with Gasteiger partial charge in [-0.05, 0) is 117 Å². The van der Waals surface area contributed by atoms with Crippen molar-refractivity contribution in [3.05, 3.63) is 65.4 Å². The van der Waals surface area contributed by atoms with Crippen molar-refractivity contribution in [1.29, 1.82) is 0 Å². The number of carbonyl (C=O) groups is 2. The molecule has 2 saturated carbocycles. The number of aryl methyl sites for hydroxylation is 1. The lowest BCUT2D eigenvalue weighted by Crippen LogP contribution is -2.42. The molecule has 40 heavy (non-hydrogen) atoms. The molecule has 0 atom stereocenters. The minimum Gasteiger partial charge on any atom is -0.496 e. The van der Waals surface area contributed by atoms with Gasteiger partial charge in [0.25, 0.3) is 0 Å². The van der Waals surface area contributed by atoms with Crippen LogP contribution in [0.15, 0.2) is 48.7 Å². The number of fused-ring (bicyclic) bond motifs is 1. The van der Waals surface area contributed by atoms with Crippen LogP contribution in [0.25, 0.3) is 10.8 Å². The van der Waals surface area contributed by atoms with Gasteiger partial charge >= 0.3 is 5.97 Å². The Morgan fingerprint density at radius 3 is 2.38 bits per heavy atom. The standard InChI is InChI=1S/C33H40N2O5/c1-21-18-25(11-15-30(21)39-2)23-6-4-22(5-7-23)20-35(32(37)24-8-12-28(36)13-9-24)31-29-14-10-27(33(38)40-3)19-26(29)16-17-34-31/h10-11,14-19,22-24,28,36H,4-9,12-13,20H2,1-3H3. The number of hydrogen-bond acceptors (Lipinski definition) is 6. The second-order valence-corrected chi connectivity index (χ2v) is 11.5. The van der Waals surface area contributed by atoms with Gasteiger partial charge in [0.2, 0.25) is 5.91 Å². The normalized spacial score (nSPS) is 23.0. The molecule has 7 heteroatoms. The third-order valence-electron chi connectivity index (χ3n) is 8.91. The van der Waals surface area contributed by atoms with Crippen molar-refractivity contribution in [2.75, 3.05) is 25.7 Å². The number of anilines is 1. The lowest BCUT2D eigenvalue weighted by Gasteiger charge is -2.35. The van der Waals surface area contributed by atoms with Crippen LogP contribution in [0.2, 0.25) is 0 Å². The van der Waals surface area contributed by atoms with Gasteiger partial charge in [-0.1, -0.05) is 12.1 Å². The third-order valence-corrected chi connectivity index (χ3v) is 8.91. The van der Waals surface area contributed by atoms with Gasteiger partial charge in [-0.3, -0.25) is 9.69 Å². The summed E-state index contributed by atoms with van der Waals surface area (Å²) in [6.07, 6.45) is 8.34. The minimum atomic E-state index is -0.391. The predicted molar refractivity (Wildman–Crippen MR) is 156 cm³/mol. The molecular formula is C33H40N2O5. The maximum absolute atomic E-state index is 14.0. The van der Waals surface area contributed by atoms with Gasteiger partial charge in [-0.15, -0.1) is 0 Å². The summed E-state index contributed by atoms with van der Waals surface area (Å²) in [4.78, 5) is 32.8. The van der Waals surface area contributed by atoms with Gasteiger partial charge < -0.3 is 14.6 Å². The van der Waals surface area contributed by atoms with E-state index < -0.39 is 5.97 Å². The van der Waals surface area contributed by atoms with Crippen LogP contribution in [-0.4, -0.2) is 48.8 Å². The number of aliphatic hydroxyl groups is 1. The van der Waals surface area contributed by atoms with Gasteiger partial charge in [0.05, 0.1) is 25.9 Å². The second kappa shape index (κ2) is 12.4. The number of benzene rings is 2. The van der Waals surface area contributed by atoms with Gasteiger partial charge in [-0.25, -0.2) is 9.78 Å². The van der Waals surface area contributed by atoms with E-state index in [9.17, 15) is 14.7 Å². The van der Waals surface area contributed by atoms with Gasteiger partial charge in [0.1, 0.15) is 11.6 Å². The molecular weight excluding hydrogens is 504 g/mol. The van der Waals surface area contributed by atoms with E-state index in [1.165, 1.54) is 12.7 Å². The van der Waals surface area contributed by atoms with Crippen LogP contribution in [0.5, 0.6) is 5.75 Å². The molecule has 0 spiro atoms. The number of aliphatic hydroxyl groups excluding tert-OH is 1. The predicted octanol–water partition coefficient (Wildman–Crippen LogP) is 6.20. The second-order valence-electron chi connectivity index (χ2n) is 11.5. The summed E-state index contributed by atoms with van der Waals surface area (Å²) in [6.45, 7) is 2.71. The quantitative estimate of drug-likeness (QED) is 0.357. The first-order valence-corrected chi connectivity index (χ1v) is 14.5. The maximum Gasteiger partial charge on any atom is 0.337 e. The van der Waals surface area contributed by atoms with Crippen molar-refractivity contribution in [1.82, 2.24) is 4.98 Å². The first-order chi connectivity index (χ1) is 19.4. The highest BCUT2D eigenvalue weighted by Crippen LogP contribution is 2.39. The number of aromatic nitrogens is 1. The molecule has 2 fully saturated rings. The molecule has 1 N–H and O–H groups in total. The highest BCUT2D eigenvalue weighted by atomic mass is 16.5. The molecule has 7 nitrogen and oxygen atoms in total. The lowest BCUT2D eigenvalue weighted by atomic mass is 9.78. The molecule has 0 bridgehead atoms. The highest BCUT2D eigenvalue weighted by Gasteiger charge is 2.33. The number of amides is 1. The average Bonchev–Trinajstić information content (AvgIpc) is 2.99. The Morgan fingerprint density at radius 1 is 0.950 bits per heavy atom. The summed E-state index contributed by atoms with van der Waals surface area (Å²) in [5, 5.41) is 11.7. The Labute approximate surface area is 236 Å². The van der Waals surface area contributed by atoms with Crippen LogP contribution in [0.3, 0.4) is 0 Å². The van der Waals surface area contributed by atoms with E-state index in [1.807, 2.05) is 17.0 Å². The molecule has 0 radical (unpaired) electrons. The summed E-state index contributed by atoms with van der Waals surface area (Å²) >= 11 is 0. The Balaban J connectivity index is 1.38. The molecule has 0 aliphatic heterocycles. The molecule has 5 rings (SSSR count). The van der Waals surface area contributed by atoms with Crippen LogP contribution in [0, 0.1) is 18.8 Å². The molecule has 1 amide bonds.